The lowest BCUT2D eigenvalue weighted by molar-refractivity contribution is 1.15. The van der Waals surface area contributed by atoms with Crippen LogP contribution >= 0.6 is 12.2 Å². The first-order valence-electron chi connectivity index (χ1n) is 5.27. The van der Waals surface area contributed by atoms with E-state index < -0.39 is 0 Å². The van der Waals surface area contributed by atoms with Gasteiger partial charge in [0.25, 0.3) is 0 Å². The first-order valence-corrected chi connectivity index (χ1v) is 5.68. The molecule has 0 saturated carbocycles. The molecule has 2 aromatic rings. The van der Waals surface area contributed by atoms with E-state index in [4.69, 9.17) is 12.2 Å². The molecule has 0 saturated heterocycles. The van der Waals surface area contributed by atoms with Gasteiger partial charge in [0, 0.05) is 5.69 Å². The average molecular weight is 245 g/mol. The molecule has 1 aromatic heterocycles. The van der Waals surface area contributed by atoms with Crippen LogP contribution in [0.3, 0.4) is 0 Å². The summed E-state index contributed by atoms with van der Waals surface area (Å²) in [5.74, 6) is 1.61. The first kappa shape index (κ1) is 10.1. The predicted octanol–water partition coefficient (Wildman–Crippen LogP) is 2.68. The maximum absolute atomic E-state index is 5.08. The van der Waals surface area contributed by atoms with Crippen LogP contribution in [0.2, 0.25) is 0 Å². The summed E-state index contributed by atoms with van der Waals surface area (Å²) in [4.78, 5) is 7.25. The van der Waals surface area contributed by atoms with Crippen molar-refractivity contribution in [2.45, 2.75) is 0 Å². The molecule has 1 aliphatic heterocycles. The van der Waals surface area contributed by atoms with E-state index in [-0.39, 0.29) is 0 Å². The number of rotatable bonds is 2. The number of aromatic nitrogens is 2. The lowest BCUT2D eigenvalue weighted by Crippen LogP contribution is -2.01. The van der Waals surface area contributed by atoms with Gasteiger partial charge in [0.2, 0.25) is 0 Å². The minimum absolute atomic E-state index is 0.457. The fourth-order valence-electron chi connectivity index (χ4n) is 1.75. The van der Waals surface area contributed by atoms with Gasteiger partial charge >= 0.3 is 0 Å². The van der Waals surface area contributed by atoms with E-state index in [1.807, 2.05) is 30.3 Å². The molecule has 0 spiro atoms. The summed E-state index contributed by atoms with van der Waals surface area (Å²) < 4.78 is 0.457. The second kappa shape index (κ2) is 4.06. The smallest absolute Gasteiger partial charge is 0.200 e. The molecule has 0 amide bonds. The minimum Gasteiger partial charge on any atom is -0.362 e. The summed E-state index contributed by atoms with van der Waals surface area (Å²) in [6.45, 7) is 0.665. The highest BCUT2D eigenvalue weighted by Crippen LogP contribution is 2.31. The first-order chi connectivity index (χ1) is 8.33. The molecule has 1 aliphatic rings. The highest BCUT2D eigenvalue weighted by atomic mass is 32.1. The number of hydrogen-bond acceptors (Lipinski definition) is 5. The van der Waals surface area contributed by atoms with E-state index in [0.29, 0.717) is 11.4 Å². The van der Waals surface area contributed by atoms with E-state index >= 15 is 0 Å². The van der Waals surface area contributed by atoms with E-state index in [0.717, 1.165) is 23.0 Å². The Morgan fingerprint density at radius 1 is 1.18 bits per heavy atom. The van der Waals surface area contributed by atoms with Crippen molar-refractivity contribution in [3.63, 3.8) is 0 Å². The molecular formula is C11H11N5S. The van der Waals surface area contributed by atoms with Crippen LogP contribution in [0, 0.1) is 4.77 Å². The number of nitrogens with zero attached hydrogens (tertiary/aromatic N) is 1. The number of fused-ring (bicyclic) bond motifs is 1. The number of nitrogens with one attached hydrogen (secondary N) is 4. The summed E-state index contributed by atoms with van der Waals surface area (Å²) in [6, 6.07) is 9.91. The van der Waals surface area contributed by atoms with Crippen molar-refractivity contribution in [3.05, 3.63) is 35.1 Å². The molecule has 0 aliphatic carbocycles. The van der Waals surface area contributed by atoms with E-state index in [1.54, 1.807) is 0 Å². The summed E-state index contributed by atoms with van der Waals surface area (Å²) >= 11 is 5.08. The van der Waals surface area contributed by atoms with Gasteiger partial charge in [-0.15, -0.1) is 0 Å². The number of benzene rings is 1. The van der Waals surface area contributed by atoms with Crippen LogP contribution < -0.4 is 16.0 Å². The summed E-state index contributed by atoms with van der Waals surface area (Å²) in [5.41, 5.74) is 1.92. The van der Waals surface area contributed by atoms with Gasteiger partial charge in [0.15, 0.2) is 10.6 Å². The lowest BCUT2D eigenvalue weighted by Gasteiger charge is -2.09. The Kier molecular flexibility index (Phi) is 2.41. The third-order valence-electron chi connectivity index (χ3n) is 2.50. The Hall–Kier alpha value is -2.08. The Morgan fingerprint density at radius 2 is 2.00 bits per heavy atom. The van der Waals surface area contributed by atoms with Gasteiger partial charge in [0.1, 0.15) is 11.5 Å². The monoisotopic (exact) mass is 245 g/mol. The third kappa shape index (κ3) is 1.94. The van der Waals surface area contributed by atoms with Crippen molar-refractivity contribution in [1.29, 1.82) is 0 Å². The molecule has 0 unspecified atom stereocenters. The zero-order chi connectivity index (χ0) is 11.7. The summed E-state index contributed by atoms with van der Waals surface area (Å²) in [5, 5.41) is 9.60. The maximum Gasteiger partial charge on any atom is 0.200 e. The normalized spacial score (nSPS) is 12.5. The predicted molar refractivity (Wildman–Crippen MR) is 71.3 cm³/mol. The molecule has 86 valence electrons. The largest absolute Gasteiger partial charge is 0.362 e. The number of H-pyrrole nitrogens is 1. The number of aromatic amines is 1. The quantitative estimate of drug-likeness (QED) is 0.613. The van der Waals surface area contributed by atoms with Gasteiger partial charge in [-0.25, -0.2) is 4.98 Å². The van der Waals surface area contributed by atoms with Crippen molar-refractivity contribution >= 4 is 35.2 Å². The standard InChI is InChI=1S/C11H11N5S/c17-11-15-9-8(12-6-13-9)10(16-11)14-7-4-2-1-3-5-7/h1-5,12H,6H2,(H3,13,14,15,16,17). The molecule has 1 aromatic carbocycles. The van der Waals surface area contributed by atoms with E-state index in [2.05, 4.69) is 25.9 Å². The molecule has 17 heavy (non-hydrogen) atoms. The maximum atomic E-state index is 5.08. The van der Waals surface area contributed by atoms with Crippen LogP contribution in [-0.4, -0.2) is 16.6 Å². The van der Waals surface area contributed by atoms with Crippen molar-refractivity contribution in [3.8, 4) is 0 Å². The van der Waals surface area contributed by atoms with E-state index in [1.165, 1.54) is 0 Å². The zero-order valence-electron chi connectivity index (χ0n) is 8.95. The summed E-state index contributed by atoms with van der Waals surface area (Å²) in [7, 11) is 0. The second-order valence-corrected chi connectivity index (χ2v) is 4.05. The van der Waals surface area contributed by atoms with Crippen LogP contribution in [0.15, 0.2) is 30.3 Å². The Balaban J connectivity index is 2.01. The molecular weight excluding hydrogens is 234 g/mol. The highest BCUT2D eigenvalue weighted by Gasteiger charge is 2.15. The van der Waals surface area contributed by atoms with Crippen LogP contribution in [0.1, 0.15) is 0 Å². The van der Waals surface area contributed by atoms with Gasteiger partial charge in [-0.1, -0.05) is 18.2 Å². The van der Waals surface area contributed by atoms with Crippen LogP contribution in [0.4, 0.5) is 23.0 Å². The van der Waals surface area contributed by atoms with Crippen molar-refractivity contribution in [2.24, 2.45) is 0 Å². The van der Waals surface area contributed by atoms with Crippen molar-refractivity contribution < 1.29 is 0 Å². The van der Waals surface area contributed by atoms with Gasteiger partial charge < -0.3 is 20.9 Å². The van der Waals surface area contributed by atoms with Gasteiger partial charge in [-0.05, 0) is 24.4 Å². The van der Waals surface area contributed by atoms with Gasteiger partial charge in [-0.3, -0.25) is 0 Å². The number of anilines is 4. The average Bonchev–Trinajstić information content (AvgIpc) is 2.78. The fraction of sp³-hybridized carbons (Fsp3) is 0.0909. The fourth-order valence-corrected chi connectivity index (χ4v) is 1.94. The van der Waals surface area contributed by atoms with Crippen molar-refractivity contribution in [1.82, 2.24) is 9.97 Å². The van der Waals surface area contributed by atoms with Crippen LogP contribution in [0.5, 0.6) is 0 Å². The molecule has 2 heterocycles. The van der Waals surface area contributed by atoms with Crippen LogP contribution in [-0.2, 0) is 0 Å². The lowest BCUT2D eigenvalue weighted by atomic mass is 10.3. The molecule has 5 nitrogen and oxygen atoms in total. The number of para-hydroxylation sites is 1. The van der Waals surface area contributed by atoms with E-state index in [9.17, 15) is 0 Å². The Morgan fingerprint density at radius 3 is 2.82 bits per heavy atom. The molecule has 4 N–H and O–H groups in total. The molecule has 0 atom stereocenters. The van der Waals surface area contributed by atoms with Crippen LogP contribution in [0.25, 0.3) is 0 Å². The van der Waals surface area contributed by atoms with Gasteiger partial charge in [0.05, 0.1) is 6.67 Å². The molecule has 0 bridgehead atoms. The highest BCUT2D eigenvalue weighted by molar-refractivity contribution is 7.71. The Bertz CT molecular complexity index is 593. The topological polar surface area (TPSA) is 64.8 Å². The summed E-state index contributed by atoms with van der Waals surface area (Å²) in [6.07, 6.45) is 0. The molecule has 0 fully saturated rings. The number of hydrogen-bond donors (Lipinski definition) is 4. The van der Waals surface area contributed by atoms with Crippen molar-refractivity contribution in [2.75, 3.05) is 22.6 Å². The zero-order valence-corrected chi connectivity index (χ0v) is 9.77. The molecule has 0 radical (unpaired) electrons. The third-order valence-corrected chi connectivity index (χ3v) is 2.69. The molecule has 3 rings (SSSR count). The minimum atomic E-state index is 0.457. The SMILES string of the molecule is S=c1nc2c(c(Nc3ccccc3)[nH]1)NCN2. The van der Waals surface area contributed by atoms with Gasteiger partial charge in [-0.2, -0.15) is 0 Å². The molecule has 6 heteroatoms. The second-order valence-electron chi connectivity index (χ2n) is 3.66. The Labute approximate surface area is 103 Å².